The summed E-state index contributed by atoms with van der Waals surface area (Å²) in [7, 11) is 0. The monoisotopic (exact) mass is 390 g/mol. The van der Waals surface area contributed by atoms with Crippen LogP contribution in [0.2, 0.25) is 0 Å². The molecule has 1 N–H and O–H groups in total. The zero-order valence-corrected chi connectivity index (χ0v) is 17.9. The van der Waals surface area contributed by atoms with Crippen LogP contribution < -0.4 is 0 Å². The van der Waals surface area contributed by atoms with Crippen LogP contribution in [0.5, 0.6) is 0 Å². The molecule has 158 valence electrons. The third-order valence-electron chi connectivity index (χ3n) is 9.37. The molecule has 0 aromatic heterocycles. The SMILES string of the molecule is CCOC(=O)C1CC[C@H]2[C@@H]3CC[C@@H]4C[C@@](O)(CC)CC[C@@H]4[C@H]3CC[C@]2(C)C1=O. The lowest BCUT2D eigenvalue weighted by Gasteiger charge is -2.59. The highest BCUT2D eigenvalue weighted by atomic mass is 16.5. The normalized spacial score (nSPS) is 48.2. The summed E-state index contributed by atoms with van der Waals surface area (Å²) < 4.78 is 5.20. The highest BCUT2D eigenvalue weighted by Crippen LogP contribution is 2.61. The molecule has 0 aliphatic heterocycles. The number of ether oxygens (including phenoxy) is 1. The molecule has 0 aromatic rings. The first-order valence-electron chi connectivity index (χ1n) is 11.8. The first-order chi connectivity index (χ1) is 13.3. The van der Waals surface area contributed by atoms with Crippen molar-refractivity contribution in [2.24, 2.45) is 40.9 Å². The van der Waals surface area contributed by atoms with Crippen molar-refractivity contribution in [3.05, 3.63) is 0 Å². The summed E-state index contributed by atoms with van der Waals surface area (Å²) in [6.07, 6.45) is 10.0. The smallest absolute Gasteiger partial charge is 0.316 e. The molecular weight excluding hydrogens is 352 g/mol. The van der Waals surface area contributed by atoms with E-state index in [1.54, 1.807) is 0 Å². The van der Waals surface area contributed by atoms with Gasteiger partial charge in [0.25, 0.3) is 0 Å². The lowest BCUT2D eigenvalue weighted by molar-refractivity contribution is -0.167. The zero-order chi connectivity index (χ0) is 20.1. The van der Waals surface area contributed by atoms with E-state index in [1.165, 1.54) is 12.8 Å². The Bertz CT molecular complexity index is 630. The number of hydrogen-bond acceptors (Lipinski definition) is 4. The van der Waals surface area contributed by atoms with Gasteiger partial charge in [0, 0.05) is 5.41 Å². The van der Waals surface area contributed by atoms with Gasteiger partial charge in [0.2, 0.25) is 0 Å². The summed E-state index contributed by atoms with van der Waals surface area (Å²) in [6.45, 7) is 6.42. The van der Waals surface area contributed by atoms with Crippen LogP contribution in [0.25, 0.3) is 0 Å². The van der Waals surface area contributed by atoms with Crippen molar-refractivity contribution < 1.29 is 19.4 Å². The molecule has 0 spiro atoms. The molecule has 0 bridgehead atoms. The lowest BCUT2D eigenvalue weighted by Crippen LogP contribution is -2.56. The molecule has 0 radical (unpaired) electrons. The average molecular weight is 391 g/mol. The third kappa shape index (κ3) is 3.14. The Morgan fingerprint density at radius 3 is 2.50 bits per heavy atom. The first-order valence-corrected chi connectivity index (χ1v) is 11.8. The third-order valence-corrected chi connectivity index (χ3v) is 9.37. The van der Waals surface area contributed by atoms with Gasteiger partial charge in [-0.3, -0.25) is 9.59 Å². The fraction of sp³-hybridized carbons (Fsp3) is 0.917. The van der Waals surface area contributed by atoms with E-state index in [4.69, 9.17) is 4.74 Å². The Balaban J connectivity index is 1.51. The van der Waals surface area contributed by atoms with Crippen molar-refractivity contribution in [1.29, 1.82) is 0 Å². The Morgan fingerprint density at radius 1 is 1.04 bits per heavy atom. The molecule has 1 unspecified atom stereocenters. The van der Waals surface area contributed by atoms with Crippen molar-refractivity contribution in [1.82, 2.24) is 0 Å². The second kappa shape index (κ2) is 7.41. The predicted octanol–water partition coefficient (Wildman–Crippen LogP) is 4.53. The van der Waals surface area contributed by atoms with Crippen LogP contribution in [-0.2, 0) is 14.3 Å². The quantitative estimate of drug-likeness (QED) is 0.568. The molecule has 4 rings (SSSR count). The highest BCUT2D eigenvalue weighted by molar-refractivity contribution is 6.02. The molecule has 0 saturated heterocycles. The number of Topliss-reactive ketones (excluding diaryl/α,β-unsaturated/α-hetero) is 1. The first kappa shape index (κ1) is 20.4. The van der Waals surface area contributed by atoms with E-state index < -0.39 is 11.5 Å². The molecule has 4 aliphatic carbocycles. The van der Waals surface area contributed by atoms with Crippen molar-refractivity contribution in [2.45, 2.75) is 90.6 Å². The van der Waals surface area contributed by atoms with E-state index in [0.717, 1.165) is 50.9 Å². The van der Waals surface area contributed by atoms with Gasteiger partial charge >= 0.3 is 5.97 Å². The summed E-state index contributed by atoms with van der Waals surface area (Å²) in [5.41, 5.74) is -0.784. The van der Waals surface area contributed by atoms with Crippen LogP contribution in [-0.4, -0.2) is 29.1 Å². The van der Waals surface area contributed by atoms with E-state index in [-0.39, 0.29) is 17.2 Å². The second-order valence-electron chi connectivity index (χ2n) is 10.5. The van der Waals surface area contributed by atoms with Crippen LogP contribution in [0.1, 0.15) is 85.0 Å². The molecule has 4 heteroatoms. The van der Waals surface area contributed by atoms with Gasteiger partial charge in [-0.25, -0.2) is 0 Å². The number of aliphatic hydroxyl groups is 1. The molecule has 8 atom stereocenters. The highest BCUT2D eigenvalue weighted by Gasteiger charge is 2.59. The zero-order valence-electron chi connectivity index (χ0n) is 17.9. The number of carbonyl (C=O) groups is 2. The number of ketones is 1. The van der Waals surface area contributed by atoms with Gasteiger partial charge in [-0.2, -0.15) is 0 Å². The maximum atomic E-state index is 13.3. The largest absolute Gasteiger partial charge is 0.465 e. The predicted molar refractivity (Wildman–Crippen MR) is 107 cm³/mol. The summed E-state index contributed by atoms with van der Waals surface area (Å²) in [4.78, 5) is 25.7. The van der Waals surface area contributed by atoms with E-state index in [2.05, 4.69) is 13.8 Å². The molecule has 4 aliphatic rings. The van der Waals surface area contributed by atoms with E-state index in [0.29, 0.717) is 36.7 Å². The van der Waals surface area contributed by atoms with Crippen LogP contribution in [0.3, 0.4) is 0 Å². The maximum Gasteiger partial charge on any atom is 0.316 e. The van der Waals surface area contributed by atoms with Crippen molar-refractivity contribution in [3.63, 3.8) is 0 Å². The van der Waals surface area contributed by atoms with Gasteiger partial charge in [0.1, 0.15) is 5.92 Å². The van der Waals surface area contributed by atoms with E-state index in [9.17, 15) is 14.7 Å². The molecular formula is C24H38O4. The Labute approximate surface area is 169 Å². The number of rotatable bonds is 3. The molecule has 28 heavy (non-hydrogen) atoms. The molecule has 4 fully saturated rings. The molecule has 4 saturated carbocycles. The molecule has 0 aromatic carbocycles. The van der Waals surface area contributed by atoms with Gasteiger partial charge in [-0.15, -0.1) is 0 Å². The maximum absolute atomic E-state index is 13.3. The van der Waals surface area contributed by atoms with Gasteiger partial charge in [-0.1, -0.05) is 13.8 Å². The summed E-state index contributed by atoms with van der Waals surface area (Å²) in [5, 5.41) is 10.8. The van der Waals surface area contributed by atoms with E-state index >= 15 is 0 Å². The fourth-order valence-electron chi connectivity index (χ4n) is 7.79. The number of esters is 1. The van der Waals surface area contributed by atoms with Gasteiger partial charge in [-0.05, 0) is 101 Å². The lowest BCUT2D eigenvalue weighted by atomic mass is 9.45. The topological polar surface area (TPSA) is 63.6 Å². The van der Waals surface area contributed by atoms with Crippen LogP contribution in [0, 0.1) is 40.9 Å². The minimum Gasteiger partial charge on any atom is -0.465 e. The van der Waals surface area contributed by atoms with Crippen LogP contribution >= 0.6 is 0 Å². The van der Waals surface area contributed by atoms with Gasteiger partial charge < -0.3 is 9.84 Å². The fourth-order valence-corrected chi connectivity index (χ4v) is 7.79. The summed E-state index contributed by atoms with van der Waals surface area (Å²) in [6, 6.07) is 0. The minimum atomic E-state index is -0.539. The second-order valence-corrected chi connectivity index (χ2v) is 10.5. The van der Waals surface area contributed by atoms with Crippen molar-refractivity contribution >= 4 is 11.8 Å². The van der Waals surface area contributed by atoms with Crippen LogP contribution in [0.15, 0.2) is 0 Å². The number of fused-ring (bicyclic) bond motifs is 5. The Hall–Kier alpha value is -0.900. The molecule has 0 amide bonds. The molecule has 4 nitrogen and oxygen atoms in total. The molecule has 0 heterocycles. The van der Waals surface area contributed by atoms with Crippen molar-refractivity contribution in [3.8, 4) is 0 Å². The van der Waals surface area contributed by atoms with Gasteiger partial charge in [0.15, 0.2) is 5.78 Å². The number of carbonyl (C=O) groups excluding carboxylic acids is 2. The Morgan fingerprint density at radius 2 is 1.79 bits per heavy atom. The Kier molecular flexibility index (Phi) is 5.39. The van der Waals surface area contributed by atoms with Crippen LogP contribution in [0.4, 0.5) is 0 Å². The van der Waals surface area contributed by atoms with Gasteiger partial charge in [0.05, 0.1) is 12.2 Å². The minimum absolute atomic E-state index is 0.159. The number of hydrogen-bond donors (Lipinski definition) is 1. The summed E-state index contributed by atoms with van der Waals surface area (Å²) in [5.74, 6) is 2.48. The standard InChI is InChI=1S/C24H38O4/c1-4-24(27)13-11-16-15(14-24)6-7-18-17(16)10-12-23(3)20(18)9-8-19(21(23)25)22(26)28-5-2/h15-20,27H,4-14H2,1-3H3/t15-,16+,17-,18-,19?,20+,23+,24-/m1/s1. The average Bonchev–Trinajstić information content (AvgIpc) is 2.68. The summed E-state index contributed by atoms with van der Waals surface area (Å²) >= 11 is 0. The van der Waals surface area contributed by atoms with Crippen molar-refractivity contribution in [2.75, 3.05) is 6.61 Å². The van der Waals surface area contributed by atoms with E-state index in [1.807, 2.05) is 6.92 Å².